The first kappa shape index (κ1) is 11.4. The van der Waals surface area contributed by atoms with Gasteiger partial charge in [0.15, 0.2) is 0 Å². The van der Waals surface area contributed by atoms with Gasteiger partial charge in [0.25, 0.3) is 0 Å². The molecule has 0 aliphatic heterocycles. The van der Waals surface area contributed by atoms with Crippen LogP contribution in [0.3, 0.4) is 0 Å². The van der Waals surface area contributed by atoms with Crippen molar-refractivity contribution in [2.45, 2.75) is 0 Å². The number of hydrogen-bond donors (Lipinski definition) is 0. The second-order valence-electron chi connectivity index (χ2n) is 3.24. The third-order valence-electron chi connectivity index (χ3n) is 2.24. The van der Waals surface area contributed by atoms with E-state index in [2.05, 4.69) is 9.97 Å². The van der Waals surface area contributed by atoms with Crippen LogP contribution in [0.1, 0.15) is 5.56 Å². The van der Waals surface area contributed by atoms with Crippen LogP contribution in [0.2, 0.25) is 5.28 Å². The topological polar surface area (TPSA) is 58.8 Å². The monoisotopic (exact) mass is 245 g/mol. The minimum absolute atomic E-state index is 0.120. The molecule has 1 aromatic heterocycles. The molecule has 0 aliphatic rings. The van der Waals surface area contributed by atoms with E-state index >= 15 is 0 Å². The van der Waals surface area contributed by atoms with Crippen molar-refractivity contribution in [2.75, 3.05) is 7.11 Å². The van der Waals surface area contributed by atoms with E-state index in [1.165, 1.54) is 6.20 Å². The molecule has 0 fully saturated rings. The van der Waals surface area contributed by atoms with Gasteiger partial charge in [-0.2, -0.15) is 5.26 Å². The van der Waals surface area contributed by atoms with Crippen LogP contribution in [0.4, 0.5) is 0 Å². The highest BCUT2D eigenvalue weighted by Crippen LogP contribution is 2.24. The average molecular weight is 246 g/mol. The molecule has 5 heteroatoms. The van der Waals surface area contributed by atoms with Gasteiger partial charge in [-0.1, -0.05) is 0 Å². The summed E-state index contributed by atoms with van der Waals surface area (Å²) in [6, 6.07) is 9.27. The summed E-state index contributed by atoms with van der Waals surface area (Å²) < 4.78 is 5.06. The predicted molar refractivity (Wildman–Crippen MR) is 63.7 cm³/mol. The summed E-state index contributed by atoms with van der Waals surface area (Å²) in [4.78, 5) is 7.84. The molecule has 0 N–H and O–H groups in total. The molecule has 1 heterocycles. The Bertz CT molecular complexity index is 575. The van der Waals surface area contributed by atoms with Gasteiger partial charge in [-0.3, -0.25) is 0 Å². The van der Waals surface area contributed by atoms with Gasteiger partial charge in [0.1, 0.15) is 11.8 Å². The largest absolute Gasteiger partial charge is 0.497 e. The molecule has 0 radical (unpaired) electrons. The first-order chi connectivity index (χ1) is 8.24. The van der Waals surface area contributed by atoms with Gasteiger partial charge in [-0.15, -0.1) is 0 Å². The van der Waals surface area contributed by atoms with Crippen LogP contribution in [0, 0.1) is 11.3 Å². The third-order valence-corrected chi connectivity index (χ3v) is 2.43. The van der Waals surface area contributed by atoms with Crippen molar-refractivity contribution in [2.24, 2.45) is 0 Å². The van der Waals surface area contributed by atoms with Gasteiger partial charge >= 0.3 is 0 Å². The van der Waals surface area contributed by atoms with E-state index in [0.717, 1.165) is 11.3 Å². The standard InChI is InChI=1S/C12H8ClN3O/c1-17-10-4-2-8(3-5-10)11-9(6-14)7-15-12(13)16-11/h2-5,7H,1H3. The Labute approximate surface area is 103 Å². The number of benzene rings is 1. The van der Waals surface area contributed by atoms with E-state index in [1.54, 1.807) is 19.2 Å². The van der Waals surface area contributed by atoms with E-state index < -0.39 is 0 Å². The molecule has 0 atom stereocenters. The molecular weight excluding hydrogens is 238 g/mol. The van der Waals surface area contributed by atoms with Crippen molar-refractivity contribution in [3.05, 3.63) is 41.3 Å². The lowest BCUT2D eigenvalue weighted by molar-refractivity contribution is 0.415. The molecule has 0 unspecified atom stereocenters. The van der Waals surface area contributed by atoms with Gasteiger partial charge in [0, 0.05) is 5.56 Å². The van der Waals surface area contributed by atoms with Crippen LogP contribution < -0.4 is 4.74 Å². The van der Waals surface area contributed by atoms with E-state index in [1.807, 2.05) is 18.2 Å². The number of aromatic nitrogens is 2. The SMILES string of the molecule is COc1ccc(-c2nc(Cl)ncc2C#N)cc1. The summed E-state index contributed by atoms with van der Waals surface area (Å²) in [5, 5.41) is 9.09. The van der Waals surface area contributed by atoms with Crippen LogP contribution >= 0.6 is 11.6 Å². The molecule has 2 rings (SSSR count). The minimum Gasteiger partial charge on any atom is -0.497 e. The quantitative estimate of drug-likeness (QED) is 0.764. The zero-order valence-corrected chi connectivity index (χ0v) is 9.77. The smallest absolute Gasteiger partial charge is 0.222 e. The molecule has 2 aromatic rings. The highest BCUT2D eigenvalue weighted by atomic mass is 35.5. The van der Waals surface area contributed by atoms with Crippen LogP contribution in [-0.2, 0) is 0 Å². The Morgan fingerprint density at radius 3 is 2.59 bits per heavy atom. The summed E-state index contributed by atoms with van der Waals surface area (Å²) in [6.45, 7) is 0. The van der Waals surface area contributed by atoms with Gasteiger partial charge in [-0.25, -0.2) is 9.97 Å². The normalized spacial score (nSPS) is 9.71. The van der Waals surface area contributed by atoms with Crippen LogP contribution in [0.5, 0.6) is 5.75 Å². The number of methoxy groups -OCH3 is 1. The van der Waals surface area contributed by atoms with Crippen molar-refractivity contribution in [3.8, 4) is 23.1 Å². The molecule has 0 bridgehead atoms. The Morgan fingerprint density at radius 2 is 2.00 bits per heavy atom. The molecule has 0 saturated heterocycles. The summed E-state index contributed by atoms with van der Waals surface area (Å²) in [6.07, 6.45) is 1.41. The van der Waals surface area contributed by atoms with E-state index in [4.69, 9.17) is 21.6 Å². The minimum atomic E-state index is 0.120. The van der Waals surface area contributed by atoms with Gasteiger partial charge < -0.3 is 4.74 Å². The van der Waals surface area contributed by atoms with Crippen molar-refractivity contribution in [1.29, 1.82) is 5.26 Å². The lowest BCUT2D eigenvalue weighted by atomic mass is 10.1. The van der Waals surface area contributed by atoms with Gasteiger partial charge in [-0.05, 0) is 35.9 Å². The molecule has 17 heavy (non-hydrogen) atoms. The highest BCUT2D eigenvalue weighted by molar-refractivity contribution is 6.28. The highest BCUT2D eigenvalue weighted by Gasteiger charge is 2.08. The van der Waals surface area contributed by atoms with E-state index in [0.29, 0.717) is 11.3 Å². The molecule has 84 valence electrons. The molecular formula is C12H8ClN3O. The Kier molecular flexibility index (Phi) is 3.22. The fraction of sp³-hybridized carbons (Fsp3) is 0.0833. The summed E-state index contributed by atoms with van der Waals surface area (Å²) in [5.41, 5.74) is 1.71. The molecule has 0 aliphatic carbocycles. The fourth-order valence-corrected chi connectivity index (χ4v) is 1.54. The van der Waals surface area contributed by atoms with Crippen molar-refractivity contribution < 1.29 is 4.74 Å². The first-order valence-corrected chi connectivity index (χ1v) is 5.19. The molecule has 0 spiro atoms. The zero-order chi connectivity index (χ0) is 12.3. The lowest BCUT2D eigenvalue weighted by Crippen LogP contribution is -1.92. The maximum atomic E-state index is 8.97. The van der Waals surface area contributed by atoms with Gasteiger partial charge in [0.05, 0.1) is 24.6 Å². The third kappa shape index (κ3) is 2.35. The first-order valence-electron chi connectivity index (χ1n) is 4.81. The maximum absolute atomic E-state index is 8.97. The molecule has 4 nitrogen and oxygen atoms in total. The second-order valence-corrected chi connectivity index (χ2v) is 3.58. The Morgan fingerprint density at radius 1 is 1.29 bits per heavy atom. The van der Waals surface area contributed by atoms with E-state index in [-0.39, 0.29) is 5.28 Å². The second kappa shape index (κ2) is 4.81. The van der Waals surface area contributed by atoms with Crippen molar-refractivity contribution in [3.63, 3.8) is 0 Å². The van der Waals surface area contributed by atoms with E-state index in [9.17, 15) is 0 Å². The fourth-order valence-electron chi connectivity index (χ4n) is 1.41. The molecule has 0 saturated carbocycles. The number of nitrogens with zero attached hydrogens (tertiary/aromatic N) is 3. The molecule has 1 aromatic carbocycles. The van der Waals surface area contributed by atoms with Crippen molar-refractivity contribution in [1.82, 2.24) is 9.97 Å². The average Bonchev–Trinajstić information content (AvgIpc) is 2.39. The van der Waals surface area contributed by atoms with Crippen LogP contribution in [-0.4, -0.2) is 17.1 Å². The predicted octanol–water partition coefficient (Wildman–Crippen LogP) is 2.68. The number of halogens is 1. The number of nitriles is 1. The molecule has 0 amide bonds. The van der Waals surface area contributed by atoms with Crippen LogP contribution in [0.15, 0.2) is 30.5 Å². The Balaban J connectivity index is 2.52. The Hall–Kier alpha value is -2.12. The van der Waals surface area contributed by atoms with Gasteiger partial charge in [0.2, 0.25) is 5.28 Å². The van der Waals surface area contributed by atoms with Crippen LogP contribution in [0.25, 0.3) is 11.3 Å². The maximum Gasteiger partial charge on any atom is 0.222 e. The number of hydrogen-bond acceptors (Lipinski definition) is 4. The zero-order valence-electron chi connectivity index (χ0n) is 9.01. The lowest BCUT2D eigenvalue weighted by Gasteiger charge is -2.04. The summed E-state index contributed by atoms with van der Waals surface area (Å²) >= 11 is 5.73. The summed E-state index contributed by atoms with van der Waals surface area (Å²) in [5.74, 6) is 0.743. The number of ether oxygens (including phenoxy) is 1. The summed E-state index contributed by atoms with van der Waals surface area (Å²) in [7, 11) is 1.59. The number of rotatable bonds is 2. The van der Waals surface area contributed by atoms with Crippen molar-refractivity contribution >= 4 is 11.6 Å².